The number of ether oxygens (including phenoxy) is 9. The Kier molecular flexibility index (Phi) is 29.7. The zero-order chi connectivity index (χ0) is 73.6. The molecule has 18 nitrogen and oxygen atoms in total. The summed E-state index contributed by atoms with van der Waals surface area (Å²) in [5.74, 6) is 1.71. The molecule has 0 spiro atoms. The maximum Gasteiger partial charge on any atom is 0.329 e. The molecule has 2 fully saturated rings. The zero-order valence-corrected chi connectivity index (χ0v) is 62.7. The number of methoxy groups -OCH3 is 5. The molecule has 102 heavy (non-hydrogen) atoms. The number of carbonyl (C=O) groups excluding carboxylic acids is 6. The first-order valence-electron chi connectivity index (χ1n) is 36.4. The number of carbonyl (C=O) groups is 6. The molecule has 8 rings (SSSR count). The van der Waals surface area contributed by atoms with Crippen LogP contribution in [0.4, 0.5) is 0 Å². The Hall–Kier alpha value is -8.90. The number of piperidine rings is 2. The van der Waals surface area contributed by atoms with E-state index in [0.29, 0.717) is 129 Å². The van der Waals surface area contributed by atoms with E-state index >= 15 is 0 Å². The lowest BCUT2D eigenvalue weighted by atomic mass is 9.90. The Bertz CT molecular complexity index is 3800. The van der Waals surface area contributed by atoms with E-state index in [-0.39, 0.29) is 55.4 Å². The van der Waals surface area contributed by atoms with Gasteiger partial charge in [-0.15, -0.1) is 0 Å². The number of amides is 2. The van der Waals surface area contributed by atoms with Crippen LogP contribution in [0, 0.1) is 40.5 Å². The van der Waals surface area contributed by atoms with Crippen LogP contribution in [0.15, 0.2) is 109 Å². The largest absolute Gasteiger partial charge is 0.496 e. The number of nitrogens with zero attached hydrogens (tertiary/aromatic N) is 3. The highest BCUT2D eigenvalue weighted by Gasteiger charge is 2.40. The minimum atomic E-state index is -0.776. The van der Waals surface area contributed by atoms with Gasteiger partial charge in [-0.25, -0.2) is 9.59 Å². The van der Waals surface area contributed by atoms with Crippen LogP contribution in [0.1, 0.15) is 189 Å². The molecule has 550 valence electrons. The number of aryl methyl sites for hydroxylation is 7. The van der Waals surface area contributed by atoms with Crippen molar-refractivity contribution in [2.24, 2.45) is 5.92 Å². The normalized spacial score (nSPS) is 16.0. The third-order valence-electron chi connectivity index (χ3n) is 20.2. The molecule has 0 aromatic heterocycles. The molecule has 0 radical (unpaired) electrons. The molecule has 18 heteroatoms. The summed E-state index contributed by atoms with van der Waals surface area (Å²) in [6, 6.07) is 33.0. The smallest absolute Gasteiger partial charge is 0.329 e. The van der Waals surface area contributed by atoms with Crippen molar-refractivity contribution < 1.29 is 71.4 Å². The van der Waals surface area contributed by atoms with Gasteiger partial charge in [-0.2, -0.15) is 0 Å². The fourth-order valence-corrected chi connectivity index (χ4v) is 14.5. The summed E-state index contributed by atoms with van der Waals surface area (Å²) in [6.45, 7) is 15.2. The lowest BCUT2D eigenvalue weighted by Gasteiger charge is -2.37. The maximum atomic E-state index is 14.7. The van der Waals surface area contributed by atoms with E-state index in [9.17, 15) is 28.8 Å². The van der Waals surface area contributed by atoms with Crippen LogP contribution < -0.4 is 33.2 Å². The summed E-state index contributed by atoms with van der Waals surface area (Å²) in [5, 5.41) is 0. The highest BCUT2D eigenvalue weighted by Crippen LogP contribution is 2.40. The van der Waals surface area contributed by atoms with E-state index in [2.05, 4.69) is 36.9 Å². The highest BCUT2D eigenvalue weighted by molar-refractivity contribution is 5.90. The first-order chi connectivity index (χ1) is 49.1. The number of ketones is 2. The Morgan fingerprint density at radius 1 is 0.461 bits per heavy atom. The molecule has 2 aliphatic heterocycles. The molecular weight excluding hydrogens is 1290 g/mol. The summed E-state index contributed by atoms with van der Waals surface area (Å²) < 4.78 is 53.5. The van der Waals surface area contributed by atoms with Gasteiger partial charge in [0.1, 0.15) is 54.8 Å². The molecule has 0 bridgehead atoms. The zero-order valence-electron chi connectivity index (χ0n) is 62.7. The van der Waals surface area contributed by atoms with Crippen LogP contribution in [0.25, 0.3) is 0 Å². The second-order valence-electron chi connectivity index (χ2n) is 27.8. The summed E-state index contributed by atoms with van der Waals surface area (Å²) >= 11 is 0. The van der Waals surface area contributed by atoms with Crippen molar-refractivity contribution in [1.29, 1.82) is 0 Å². The molecular formula is C84H109N3O15. The lowest BCUT2D eigenvalue weighted by Crippen LogP contribution is -2.50. The van der Waals surface area contributed by atoms with Gasteiger partial charge < -0.3 is 57.3 Å². The monoisotopic (exact) mass is 1400 g/mol. The first kappa shape index (κ1) is 78.8. The number of likely N-dealkylation sites (tertiary alicyclic amines) is 2. The Balaban J connectivity index is 0.891. The first-order valence-corrected chi connectivity index (χ1v) is 36.4. The van der Waals surface area contributed by atoms with Crippen molar-refractivity contribution >= 4 is 35.3 Å². The third-order valence-corrected chi connectivity index (χ3v) is 20.2. The van der Waals surface area contributed by atoms with Crippen molar-refractivity contribution in [1.82, 2.24) is 14.7 Å². The molecule has 0 saturated carbocycles. The molecule has 0 N–H and O–H groups in total. The summed E-state index contributed by atoms with van der Waals surface area (Å²) in [5.41, 5.74) is 10.2. The number of esters is 2. The fourth-order valence-electron chi connectivity index (χ4n) is 14.5. The maximum absolute atomic E-state index is 14.7. The quantitative estimate of drug-likeness (QED) is 0.0334. The molecule has 2 aliphatic rings. The van der Waals surface area contributed by atoms with Crippen molar-refractivity contribution in [2.45, 2.75) is 187 Å². The summed E-state index contributed by atoms with van der Waals surface area (Å²) in [7, 11) is 11.9. The number of rotatable bonds is 37. The van der Waals surface area contributed by atoms with Gasteiger partial charge in [0.2, 0.25) is 11.8 Å². The molecule has 6 aromatic rings. The second-order valence-corrected chi connectivity index (χ2v) is 27.8. The number of benzene rings is 6. The molecule has 7 atom stereocenters. The van der Waals surface area contributed by atoms with E-state index in [1.165, 1.54) is 11.1 Å². The average Bonchev–Trinajstić information content (AvgIpc) is 0.802. The molecule has 6 aromatic carbocycles. The minimum absolute atomic E-state index is 0.0194. The Morgan fingerprint density at radius 2 is 0.922 bits per heavy atom. The van der Waals surface area contributed by atoms with E-state index in [1.54, 1.807) is 57.5 Å². The molecule has 3 unspecified atom stereocenters. The fraction of sp³-hybridized carbons (Fsp3) is 0.500. The standard InChI is InChI=1S/C84H109N3O15/c1-15-70(64-44-56(5)79(97-13)57(6)45-64)81(90)86-41-19-17-27-72(86)83(92)102-75(39-34-60-35-40-76(94-10)77(47-60)95-11)63-24-22-26-69(49-63)100-53-67(89)37-32-61(51-85(8)9)31-36-66(88)52-99-68-25-21-23-62(48-68)74(38-33-59-30-29-54(3)55(4)43-59)101-84(93)73-28-18-20-42-87(73)82(91)71(16-2)65-46-58(7)80(98-14)78(50-65)96-12/h21-26,29-30,35,40,43-50,61,70-75H,15-20,27-28,31-34,36-39,41-42,51-53H2,1-14H3/t61?,70-,71-,72?,73?,74+,75+/m0/s1. The minimum Gasteiger partial charge on any atom is -0.496 e. The van der Waals surface area contributed by atoms with Crippen molar-refractivity contribution in [3.05, 3.63) is 170 Å². The van der Waals surface area contributed by atoms with Crippen LogP contribution in [0.2, 0.25) is 0 Å². The predicted octanol–water partition coefficient (Wildman–Crippen LogP) is 15.2. The number of hydrogen-bond acceptors (Lipinski definition) is 16. The van der Waals surface area contributed by atoms with E-state index in [0.717, 1.165) is 70.4 Å². The van der Waals surface area contributed by atoms with Gasteiger partial charge >= 0.3 is 11.9 Å². The molecule has 0 aliphatic carbocycles. The van der Waals surface area contributed by atoms with Gasteiger partial charge in [-0.05, 0) is 248 Å². The van der Waals surface area contributed by atoms with Gasteiger partial charge in [0.25, 0.3) is 0 Å². The predicted molar refractivity (Wildman–Crippen MR) is 396 cm³/mol. The van der Waals surface area contributed by atoms with Crippen LogP contribution in [-0.4, -0.2) is 145 Å². The van der Waals surface area contributed by atoms with E-state index in [1.807, 2.05) is 128 Å². The average molecular weight is 1400 g/mol. The molecule has 2 saturated heterocycles. The summed E-state index contributed by atoms with van der Waals surface area (Å²) in [6.07, 6.45) is 7.24. The Labute approximate surface area is 604 Å². The van der Waals surface area contributed by atoms with Gasteiger partial charge in [0, 0.05) is 32.5 Å². The van der Waals surface area contributed by atoms with Crippen molar-refractivity contribution in [2.75, 3.05) is 82.5 Å². The van der Waals surface area contributed by atoms with Gasteiger partial charge in [-0.1, -0.05) is 80.6 Å². The van der Waals surface area contributed by atoms with Gasteiger partial charge in [-0.3, -0.25) is 19.2 Å². The van der Waals surface area contributed by atoms with Crippen LogP contribution >= 0.6 is 0 Å². The van der Waals surface area contributed by atoms with E-state index in [4.69, 9.17) is 42.6 Å². The van der Waals surface area contributed by atoms with Crippen molar-refractivity contribution in [3.63, 3.8) is 0 Å². The number of Topliss-reactive ketones (excluding diaryl/α,β-unsaturated/α-hetero) is 2. The van der Waals surface area contributed by atoms with Gasteiger partial charge in [0.05, 0.1) is 47.4 Å². The SMILES string of the molecule is CC[C@H](C(=O)N1CCCCC1C(=O)O[C@H](CCc1ccc(OC)c(OC)c1)c1cccc(OCC(=O)CCC(CCC(=O)COc2cccc([C@@H](CCc3ccc(C)c(C)c3)OC(=O)C3CCCCN3C(=O)[C@@H](CC)c3cc(C)c(OC)c(OC)c3)c2)CN(C)C)c1)c1cc(C)c(OC)c(C)c1. The van der Waals surface area contributed by atoms with E-state index < -0.39 is 48.1 Å². The van der Waals surface area contributed by atoms with Crippen LogP contribution in [0.3, 0.4) is 0 Å². The lowest BCUT2D eigenvalue weighted by molar-refractivity contribution is -0.162. The third kappa shape index (κ3) is 21.1. The molecule has 2 heterocycles. The summed E-state index contributed by atoms with van der Waals surface area (Å²) in [4.78, 5) is 91.5. The Morgan fingerprint density at radius 3 is 1.37 bits per heavy atom. The van der Waals surface area contributed by atoms with Gasteiger partial charge in [0.15, 0.2) is 34.6 Å². The second kappa shape index (κ2) is 38.4. The van der Waals surface area contributed by atoms with Crippen LogP contribution in [0.5, 0.6) is 40.2 Å². The number of hydrogen-bond donors (Lipinski definition) is 0. The van der Waals surface area contributed by atoms with Crippen molar-refractivity contribution in [3.8, 4) is 40.2 Å². The highest BCUT2D eigenvalue weighted by atomic mass is 16.6. The molecule has 2 amide bonds. The van der Waals surface area contributed by atoms with Crippen LogP contribution in [-0.2, 0) is 51.1 Å². The topological polar surface area (TPSA) is 195 Å².